The van der Waals surface area contributed by atoms with Gasteiger partial charge in [0.1, 0.15) is 18.2 Å². The summed E-state index contributed by atoms with van der Waals surface area (Å²) in [7, 11) is 0. The molecule has 2 aromatic rings. The van der Waals surface area contributed by atoms with Crippen molar-refractivity contribution in [1.29, 1.82) is 0 Å². The van der Waals surface area contributed by atoms with Crippen molar-refractivity contribution < 1.29 is 14.2 Å². The van der Waals surface area contributed by atoms with Crippen LogP contribution in [0.15, 0.2) is 42.5 Å². The smallest absolute Gasteiger partial charge is 0.141 e. The quantitative estimate of drug-likeness (QED) is 0.913. The summed E-state index contributed by atoms with van der Waals surface area (Å²) >= 11 is 5.69. The Labute approximate surface area is 116 Å². The second-order valence-electron chi connectivity index (χ2n) is 4.28. The van der Waals surface area contributed by atoms with Crippen molar-refractivity contribution in [3.8, 4) is 5.75 Å². The average molecular weight is 281 g/mol. The third kappa shape index (κ3) is 3.69. The van der Waals surface area contributed by atoms with E-state index in [9.17, 15) is 9.50 Å². The maximum Gasteiger partial charge on any atom is 0.141 e. The first-order chi connectivity index (χ1) is 9.06. The van der Waals surface area contributed by atoms with Gasteiger partial charge in [-0.1, -0.05) is 29.8 Å². The van der Waals surface area contributed by atoms with Gasteiger partial charge in [0.15, 0.2) is 0 Å². The normalized spacial score (nSPS) is 12.2. The van der Waals surface area contributed by atoms with Gasteiger partial charge in [-0.2, -0.15) is 0 Å². The fourth-order valence-electron chi connectivity index (χ4n) is 1.64. The van der Waals surface area contributed by atoms with Crippen LogP contribution in [0.1, 0.15) is 24.2 Å². The molecule has 0 fully saturated rings. The molecule has 0 bridgehead atoms. The highest BCUT2D eigenvalue weighted by Crippen LogP contribution is 2.20. The molecule has 0 amide bonds. The molecular weight excluding hydrogens is 267 g/mol. The zero-order valence-corrected chi connectivity index (χ0v) is 11.2. The predicted octanol–water partition coefficient (Wildman–Crippen LogP) is 4.11. The summed E-state index contributed by atoms with van der Waals surface area (Å²) in [4.78, 5) is 0. The highest BCUT2D eigenvalue weighted by Gasteiger charge is 2.03. The number of aliphatic hydroxyl groups is 1. The third-order valence-corrected chi connectivity index (χ3v) is 3.04. The number of benzene rings is 2. The monoisotopic (exact) mass is 280 g/mol. The lowest BCUT2D eigenvalue weighted by molar-refractivity contribution is 0.199. The van der Waals surface area contributed by atoms with Crippen molar-refractivity contribution in [2.24, 2.45) is 0 Å². The number of ether oxygens (including phenoxy) is 1. The molecule has 0 aliphatic heterocycles. The van der Waals surface area contributed by atoms with Gasteiger partial charge in [-0.05, 0) is 42.3 Å². The van der Waals surface area contributed by atoms with Crippen LogP contribution >= 0.6 is 11.6 Å². The van der Waals surface area contributed by atoms with E-state index in [-0.39, 0.29) is 5.02 Å². The second-order valence-corrected chi connectivity index (χ2v) is 4.69. The highest BCUT2D eigenvalue weighted by molar-refractivity contribution is 6.30. The van der Waals surface area contributed by atoms with Crippen molar-refractivity contribution in [3.63, 3.8) is 0 Å². The molecule has 0 radical (unpaired) electrons. The van der Waals surface area contributed by atoms with E-state index in [1.54, 1.807) is 43.3 Å². The van der Waals surface area contributed by atoms with Crippen molar-refractivity contribution in [3.05, 3.63) is 64.4 Å². The lowest BCUT2D eigenvalue weighted by atomic mass is 10.1. The molecule has 0 aliphatic carbocycles. The van der Waals surface area contributed by atoms with Crippen LogP contribution in [0.3, 0.4) is 0 Å². The first-order valence-electron chi connectivity index (χ1n) is 5.91. The van der Waals surface area contributed by atoms with Gasteiger partial charge in [0.25, 0.3) is 0 Å². The van der Waals surface area contributed by atoms with E-state index in [1.165, 1.54) is 6.07 Å². The van der Waals surface area contributed by atoms with Crippen LogP contribution in [0, 0.1) is 5.82 Å². The number of halogens is 2. The largest absolute Gasteiger partial charge is 0.489 e. The van der Waals surface area contributed by atoms with Crippen LogP contribution in [-0.4, -0.2) is 5.11 Å². The summed E-state index contributed by atoms with van der Waals surface area (Å²) in [6.45, 7) is 2.02. The Morgan fingerprint density at radius 2 is 1.89 bits per heavy atom. The summed E-state index contributed by atoms with van der Waals surface area (Å²) in [6.07, 6.45) is -0.495. The first-order valence-corrected chi connectivity index (χ1v) is 6.29. The van der Waals surface area contributed by atoms with Crippen LogP contribution in [-0.2, 0) is 6.61 Å². The van der Waals surface area contributed by atoms with E-state index in [0.717, 1.165) is 11.1 Å². The summed E-state index contributed by atoms with van der Waals surface area (Å²) < 4.78 is 18.5. The van der Waals surface area contributed by atoms with Crippen LogP contribution in [0.4, 0.5) is 4.39 Å². The molecule has 1 atom stereocenters. The number of hydrogen-bond acceptors (Lipinski definition) is 2. The zero-order chi connectivity index (χ0) is 13.8. The SMILES string of the molecule is CC(O)c1ccc(OCc2ccc(F)c(Cl)c2)cc1. The Balaban J connectivity index is 2.00. The second kappa shape index (κ2) is 6.04. The molecular formula is C15H14ClFO2. The topological polar surface area (TPSA) is 29.5 Å². The fraction of sp³-hybridized carbons (Fsp3) is 0.200. The summed E-state index contributed by atoms with van der Waals surface area (Å²) in [5, 5.41) is 9.48. The average Bonchev–Trinajstić information content (AvgIpc) is 2.40. The van der Waals surface area contributed by atoms with Gasteiger partial charge in [0, 0.05) is 0 Å². The van der Waals surface area contributed by atoms with Crippen LogP contribution in [0.2, 0.25) is 5.02 Å². The van der Waals surface area contributed by atoms with Crippen LogP contribution in [0.5, 0.6) is 5.75 Å². The van der Waals surface area contributed by atoms with E-state index in [1.807, 2.05) is 0 Å². The molecule has 4 heteroatoms. The van der Waals surface area contributed by atoms with Gasteiger partial charge in [-0.15, -0.1) is 0 Å². The molecule has 0 aromatic heterocycles. The van der Waals surface area contributed by atoms with Crippen LogP contribution in [0.25, 0.3) is 0 Å². The Morgan fingerprint density at radius 3 is 2.47 bits per heavy atom. The Bertz CT molecular complexity index is 553. The molecule has 100 valence electrons. The van der Waals surface area contributed by atoms with E-state index in [2.05, 4.69) is 0 Å². The van der Waals surface area contributed by atoms with Gasteiger partial charge in [-0.25, -0.2) is 4.39 Å². The molecule has 2 rings (SSSR count). The van der Waals surface area contributed by atoms with Crippen molar-refractivity contribution in [2.45, 2.75) is 19.6 Å². The number of rotatable bonds is 4. The van der Waals surface area contributed by atoms with Gasteiger partial charge in [0.2, 0.25) is 0 Å². The van der Waals surface area contributed by atoms with Crippen LogP contribution < -0.4 is 4.74 Å². The molecule has 2 nitrogen and oxygen atoms in total. The maximum atomic E-state index is 13.0. The first kappa shape index (κ1) is 13.8. The van der Waals surface area contributed by atoms with E-state index < -0.39 is 11.9 Å². The summed E-state index contributed by atoms with van der Waals surface area (Å²) in [5.74, 6) is 0.247. The minimum Gasteiger partial charge on any atom is -0.489 e. The number of hydrogen-bond donors (Lipinski definition) is 1. The minimum absolute atomic E-state index is 0.0885. The molecule has 0 heterocycles. The number of aliphatic hydroxyl groups excluding tert-OH is 1. The van der Waals surface area contributed by atoms with Crippen molar-refractivity contribution in [1.82, 2.24) is 0 Å². The Kier molecular flexibility index (Phi) is 4.40. The van der Waals surface area contributed by atoms with Gasteiger partial charge >= 0.3 is 0 Å². The molecule has 19 heavy (non-hydrogen) atoms. The predicted molar refractivity (Wildman–Crippen MR) is 72.8 cm³/mol. The van der Waals surface area contributed by atoms with Crippen molar-refractivity contribution >= 4 is 11.6 Å². The Morgan fingerprint density at radius 1 is 1.21 bits per heavy atom. The molecule has 0 aliphatic rings. The van der Waals surface area contributed by atoms with E-state index in [4.69, 9.17) is 16.3 Å². The third-order valence-electron chi connectivity index (χ3n) is 2.75. The fourth-order valence-corrected chi connectivity index (χ4v) is 1.84. The molecule has 1 N–H and O–H groups in total. The summed E-state index contributed by atoms with van der Waals surface area (Å²) in [5.41, 5.74) is 1.63. The standard InChI is InChI=1S/C15H14ClFO2/c1-10(18)12-3-5-13(6-4-12)19-9-11-2-7-15(17)14(16)8-11/h2-8,10,18H,9H2,1H3. The van der Waals surface area contributed by atoms with Gasteiger partial charge in [0.05, 0.1) is 11.1 Å². The lowest BCUT2D eigenvalue weighted by Gasteiger charge is -2.09. The molecule has 1 unspecified atom stereocenters. The van der Waals surface area contributed by atoms with Crippen molar-refractivity contribution in [2.75, 3.05) is 0 Å². The van der Waals surface area contributed by atoms with E-state index in [0.29, 0.717) is 12.4 Å². The Hall–Kier alpha value is -1.58. The lowest BCUT2D eigenvalue weighted by Crippen LogP contribution is -1.97. The minimum atomic E-state index is -0.495. The molecule has 0 spiro atoms. The maximum absolute atomic E-state index is 13.0. The molecule has 0 saturated heterocycles. The van der Waals surface area contributed by atoms with E-state index >= 15 is 0 Å². The van der Waals surface area contributed by atoms with Gasteiger partial charge in [-0.3, -0.25) is 0 Å². The highest BCUT2D eigenvalue weighted by atomic mass is 35.5. The van der Waals surface area contributed by atoms with Gasteiger partial charge < -0.3 is 9.84 Å². The zero-order valence-electron chi connectivity index (χ0n) is 10.4. The molecule has 0 saturated carbocycles. The summed E-state index contributed by atoms with van der Waals surface area (Å²) in [6, 6.07) is 11.7. The molecule has 2 aromatic carbocycles.